The molecule has 0 radical (unpaired) electrons. The predicted molar refractivity (Wildman–Crippen MR) is 163 cm³/mol. The van der Waals surface area contributed by atoms with E-state index in [1.807, 2.05) is 0 Å². The molecule has 0 aromatic heterocycles. The number of unbranched alkanes of at least 4 members (excludes halogenated alkanes) is 1. The Kier molecular flexibility index (Phi) is 11.4. The Balaban J connectivity index is 2.81. The maximum Gasteiger partial charge on any atom is 0.203 e. The monoisotopic (exact) mass is 674 g/mol. The Morgan fingerprint density at radius 2 is 0.833 bits per heavy atom. The van der Waals surface area contributed by atoms with Gasteiger partial charge in [-0.05, 0) is 12.1 Å². The van der Waals surface area contributed by atoms with Crippen LogP contribution in [0.15, 0.2) is 0 Å². The molecule has 238 valence electrons. The van der Waals surface area contributed by atoms with Gasteiger partial charge in [0.25, 0.3) is 0 Å². The number of aromatic hydroxyl groups is 2. The van der Waals surface area contributed by atoms with Gasteiger partial charge < -0.3 is 10.2 Å². The maximum atomic E-state index is 15.5. The number of halogens is 8. The van der Waals surface area contributed by atoms with E-state index in [4.69, 9.17) is 0 Å². The first-order valence-electron chi connectivity index (χ1n) is 14.1. The summed E-state index contributed by atoms with van der Waals surface area (Å²) in [5.74, 6) is -20.7. The topological polar surface area (TPSA) is 40.5 Å². The van der Waals surface area contributed by atoms with E-state index in [0.717, 1.165) is 5.67 Å². The highest BCUT2D eigenvalue weighted by molar-refractivity contribution is 7.03. The van der Waals surface area contributed by atoms with Crippen molar-refractivity contribution in [2.75, 3.05) is 0 Å². The van der Waals surface area contributed by atoms with Gasteiger partial charge in [0, 0.05) is 34.6 Å². The van der Waals surface area contributed by atoms with E-state index in [0.29, 0.717) is 12.5 Å². The fourth-order valence-electron chi connectivity index (χ4n) is 7.06. The third-order valence-electron chi connectivity index (χ3n) is 7.82. The fraction of sp³-hybridized carbons (Fsp3) is 0.571. The average Bonchev–Trinajstić information content (AvgIpc) is 2.84. The molecule has 0 amide bonds. The molecule has 0 aliphatic carbocycles. The molecule has 0 aliphatic heterocycles. The summed E-state index contributed by atoms with van der Waals surface area (Å²) < 4.78 is 121. The van der Waals surface area contributed by atoms with Crippen molar-refractivity contribution in [1.82, 2.24) is 0 Å². The third-order valence-corrected chi connectivity index (χ3v) is 30.5. The molecule has 0 heterocycles. The minimum Gasteiger partial charge on any atom is -0.503 e. The van der Waals surface area contributed by atoms with Crippen LogP contribution < -0.4 is 10.4 Å². The number of rotatable bonds is 13. The normalized spacial score (nSPS) is 13.2. The number of phenols is 2. The smallest absolute Gasteiger partial charge is 0.203 e. The van der Waals surface area contributed by atoms with Crippen molar-refractivity contribution in [3.63, 3.8) is 0 Å². The summed E-state index contributed by atoms with van der Waals surface area (Å²) in [5.41, 5.74) is 2.18. The van der Waals surface area contributed by atoms with E-state index in [1.165, 1.54) is 5.67 Å². The molecule has 2 N–H and O–H groups in total. The van der Waals surface area contributed by atoms with Gasteiger partial charge in [0.2, 0.25) is 23.3 Å². The number of hydrogen-bond donors (Lipinski definition) is 2. The van der Waals surface area contributed by atoms with Gasteiger partial charge >= 0.3 is 0 Å². The van der Waals surface area contributed by atoms with Crippen LogP contribution in [-0.2, 0) is 0 Å². The molecule has 0 atom stereocenters. The van der Waals surface area contributed by atoms with Crippen LogP contribution in [0.1, 0.15) is 26.2 Å². The molecule has 0 saturated heterocycles. The standard InChI is InChI=1S/C28H42F8O2Si4/c1-9-10-13-42(27-21(33)17(29)25(37)18(30)22(27)34,28-23(35)19(31)26(38)20(32)24(28)36)14-11-12-40(5,6)16-41(7,8)15-39(2,3)4/h37-38H,9-16H2,1-8H3. The zero-order valence-electron chi connectivity index (χ0n) is 25.6. The minimum absolute atomic E-state index is 0.0647. The van der Waals surface area contributed by atoms with Crippen LogP contribution in [0.5, 0.6) is 11.5 Å². The van der Waals surface area contributed by atoms with Crippen molar-refractivity contribution >= 4 is 42.7 Å². The van der Waals surface area contributed by atoms with E-state index in [9.17, 15) is 27.8 Å². The summed E-state index contributed by atoms with van der Waals surface area (Å²) in [7, 11) is -9.82. The van der Waals surface area contributed by atoms with Gasteiger partial charge in [-0.15, -0.1) is 0 Å². The van der Waals surface area contributed by atoms with E-state index >= 15 is 17.6 Å². The molecule has 0 unspecified atom stereocenters. The Bertz CT molecular complexity index is 1180. The second kappa shape index (κ2) is 13.1. The van der Waals surface area contributed by atoms with Crippen LogP contribution in [-0.4, -0.2) is 42.5 Å². The van der Waals surface area contributed by atoms with Crippen molar-refractivity contribution in [1.29, 1.82) is 0 Å². The first kappa shape index (κ1) is 36.5. The molecule has 0 fully saturated rings. The highest BCUT2D eigenvalue weighted by Gasteiger charge is 2.49. The number of phenolic OH excluding ortho intramolecular Hbond substituents is 2. The second-order valence-corrected chi connectivity index (χ2v) is 35.5. The molecule has 0 aliphatic rings. The summed E-state index contributed by atoms with van der Waals surface area (Å²) in [6.45, 7) is 17.4. The Hall–Kier alpha value is -1.65. The van der Waals surface area contributed by atoms with Crippen LogP contribution in [0.4, 0.5) is 35.1 Å². The average molecular weight is 675 g/mol. The van der Waals surface area contributed by atoms with Crippen LogP contribution in [0.2, 0.25) is 75.3 Å². The molecule has 0 saturated carbocycles. The van der Waals surface area contributed by atoms with Gasteiger partial charge in [0.15, 0.2) is 34.8 Å². The zero-order chi connectivity index (χ0) is 32.6. The minimum atomic E-state index is -4.76. The molecule has 2 nitrogen and oxygen atoms in total. The molecule has 0 spiro atoms. The van der Waals surface area contributed by atoms with Crippen LogP contribution >= 0.6 is 0 Å². The number of hydrogen-bond acceptors (Lipinski definition) is 2. The Morgan fingerprint density at radius 1 is 0.476 bits per heavy atom. The van der Waals surface area contributed by atoms with Gasteiger partial charge in [-0.2, -0.15) is 17.6 Å². The molecular weight excluding hydrogens is 633 g/mol. The molecular formula is C28H42F8O2Si4. The van der Waals surface area contributed by atoms with Crippen molar-refractivity contribution in [3.8, 4) is 11.5 Å². The van der Waals surface area contributed by atoms with Crippen molar-refractivity contribution in [2.24, 2.45) is 0 Å². The van der Waals surface area contributed by atoms with Crippen molar-refractivity contribution < 1.29 is 45.3 Å². The maximum absolute atomic E-state index is 15.5. The fourth-order valence-corrected chi connectivity index (χ4v) is 38.1. The van der Waals surface area contributed by atoms with Crippen LogP contribution in [0.3, 0.4) is 0 Å². The van der Waals surface area contributed by atoms with E-state index < -0.39 is 107 Å². The Labute approximate surface area is 247 Å². The Morgan fingerprint density at radius 3 is 1.17 bits per heavy atom. The van der Waals surface area contributed by atoms with Crippen molar-refractivity contribution in [2.45, 2.75) is 101 Å². The zero-order valence-corrected chi connectivity index (χ0v) is 29.6. The molecule has 0 bridgehead atoms. The van der Waals surface area contributed by atoms with Gasteiger partial charge in [0.05, 0.1) is 0 Å². The van der Waals surface area contributed by atoms with Crippen LogP contribution in [0.25, 0.3) is 0 Å². The largest absolute Gasteiger partial charge is 0.503 e. The summed E-state index contributed by atoms with van der Waals surface area (Å²) in [6.07, 6.45) is 0.526. The third kappa shape index (κ3) is 7.70. The molecule has 42 heavy (non-hydrogen) atoms. The first-order chi connectivity index (χ1) is 19.0. The highest BCUT2D eigenvalue weighted by atomic mass is 28.4. The summed E-state index contributed by atoms with van der Waals surface area (Å²) in [4.78, 5) is 0. The molecule has 2 aromatic rings. The van der Waals surface area contributed by atoms with Gasteiger partial charge in [-0.25, -0.2) is 17.6 Å². The van der Waals surface area contributed by atoms with Crippen LogP contribution in [0, 0.1) is 46.5 Å². The first-order valence-corrected chi connectivity index (χ1v) is 27.1. The van der Waals surface area contributed by atoms with E-state index in [2.05, 4.69) is 45.8 Å². The quantitative estimate of drug-likeness (QED) is 0.127. The summed E-state index contributed by atoms with van der Waals surface area (Å²) in [6, 6.07) is -0.223. The van der Waals surface area contributed by atoms with Crippen molar-refractivity contribution in [3.05, 3.63) is 46.5 Å². The lowest BCUT2D eigenvalue weighted by molar-refractivity contribution is 0.358. The molecule has 14 heteroatoms. The summed E-state index contributed by atoms with van der Waals surface area (Å²) >= 11 is 0. The van der Waals surface area contributed by atoms with Gasteiger partial charge in [0.1, 0.15) is 8.07 Å². The predicted octanol–water partition coefficient (Wildman–Crippen LogP) is 8.80. The molecule has 2 rings (SSSR count). The van der Waals surface area contributed by atoms with E-state index in [-0.39, 0.29) is 18.9 Å². The number of benzene rings is 2. The lowest BCUT2D eigenvalue weighted by Crippen LogP contribution is -2.63. The highest BCUT2D eigenvalue weighted by Crippen LogP contribution is 2.36. The second-order valence-electron chi connectivity index (χ2n) is 14.2. The lowest BCUT2D eigenvalue weighted by atomic mass is 10.3. The SMILES string of the molecule is CCCC[Si](CCC[Si](C)(C)C[Si](C)(C)C[Si](C)(C)C)(c1c(F)c(F)c(O)c(F)c1F)c1c(F)c(F)c(O)c(F)c1F. The van der Waals surface area contributed by atoms with E-state index in [1.54, 1.807) is 6.92 Å². The van der Waals surface area contributed by atoms with Gasteiger partial charge in [-0.1, -0.05) is 89.4 Å². The van der Waals surface area contributed by atoms with Gasteiger partial charge in [-0.3, -0.25) is 0 Å². The lowest BCUT2D eigenvalue weighted by Gasteiger charge is -2.38. The molecule has 2 aromatic carbocycles. The summed E-state index contributed by atoms with van der Waals surface area (Å²) in [5, 5.41) is 16.6.